The molecule has 5 nitrogen and oxygen atoms in total. The van der Waals surface area contributed by atoms with Gasteiger partial charge in [0.15, 0.2) is 0 Å². The van der Waals surface area contributed by atoms with Gasteiger partial charge in [0.1, 0.15) is 5.75 Å². The molecule has 0 spiro atoms. The zero-order valence-corrected chi connectivity index (χ0v) is 18.1. The molecule has 0 aliphatic heterocycles. The fourth-order valence-electron chi connectivity index (χ4n) is 2.31. The third-order valence-corrected chi connectivity index (χ3v) is 5.24. The van der Waals surface area contributed by atoms with Crippen molar-refractivity contribution in [2.45, 2.75) is 31.4 Å². The SMILES string of the molecule is CC(C)(C(=O)[O-])c1ccc(CCOS(=O)(=O)Cc2ccccc2)cc1.[Na+]. The topological polar surface area (TPSA) is 83.5 Å². The van der Waals surface area contributed by atoms with E-state index in [1.54, 1.807) is 62.4 Å². The quantitative estimate of drug-likeness (QED) is 0.422. The smallest absolute Gasteiger partial charge is 0.549 e. The van der Waals surface area contributed by atoms with Crippen LogP contribution in [-0.4, -0.2) is 21.0 Å². The van der Waals surface area contributed by atoms with Gasteiger partial charge in [0.2, 0.25) is 0 Å². The van der Waals surface area contributed by atoms with Gasteiger partial charge < -0.3 is 9.90 Å². The summed E-state index contributed by atoms with van der Waals surface area (Å²) in [5.74, 6) is -1.30. The molecule has 0 amide bonds. The first-order valence-electron chi connectivity index (χ1n) is 7.92. The van der Waals surface area contributed by atoms with E-state index in [0.717, 1.165) is 5.56 Å². The standard InChI is InChI=1S/C19H22O5S.Na/c1-19(2,18(20)21)17-10-8-15(9-11-17)12-13-24-25(22,23)14-16-6-4-3-5-7-16;/h3-11H,12-14H2,1-2H3,(H,20,21);/q;+1/p-1. The first kappa shape index (κ1) is 22.9. The van der Waals surface area contributed by atoms with Gasteiger partial charge in [0, 0.05) is 5.41 Å². The molecule has 2 aromatic carbocycles. The van der Waals surface area contributed by atoms with Gasteiger partial charge in [-0.2, -0.15) is 8.42 Å². The Kier molecular flexibility index (Phi) is 8.50. The molecule has 0 bridgehead atoms. The summed E-state index contributed by atoms with van der Waals surface area (Å²) in [6.07, 6.45) is 0.417. The summed E-state index contributed by atoms with van der Waals surface area (Å²) in [7, 11) is -3.63. The van der Waals surface area contributed by atoms with Crippen LogP contribution in [-0.2, 0) is 36.7 Å². The van der Waals surface area contributed by atoms with Crippen LogP contribution < -0.4 is 34.7 Å². The summed E-state index contributed by atoms with van der Waals surface area (Å²) < 4.78 is 29.0. The van der Waals surface area contributed by atoms with Crippen LogP contribution in [0.5, 0.6) is 0 Å². The van der Waals surface area contributed by atoms with Crippen molar-refractivity contribution in [3.63, 3.8) is 0 Å². The van der Waals surface area contributed by atoms with Crippen LogP contribution in [0.2, 0.25) is 0 Å². The van der Waals surface area contributed by atoms with Crippen LogP contribution in [0.1, 0.15) is 30.5 Å². The van der Waals surface area contributed by atoms with Crippen LogP contribution >= 0.6 is 0 Å². The number of carbonyl (C=O) groups is 1. The molecule has 0 atom stereocenters. The average Bonchev–Trinajstić information content (AvgIpc) is 2.55. The van der Waals surface area contributed by atoms with Gasteiger partial charge in [0.25, 0.3) is 10.1 Å². The number of carbonyl (C=O) groups excluding carboxylic acids is 1. The van der Waals surface area contributed by atoms with Crippen molar-refractivity contribution in [2.24, 2.45) is 0 Å². The monoisotopic (exact) mass is 384 g/mol. The Bertz CT molecular complexity index is 815. The summed E-state index contributed by atoms with van der Waals surface area (Å²) in [5.41, 5.74) is 1.10. The second-order valence-electron chi connectivity index (χ2n) is 6.37. The molecule has 0 aliphatic carbocycles. The van der Waals surface area contributed by atoms with E-state index in [2.05, 4.69) is 0 Å². The van der Waals surface area contributed by atoms with Crippen molar-refractivity contribution in [1.29, 1.82) is 0 Å². The third kappa shape index (κ3) is 6.52. The molecule has 26 heavy (non-hydrogen) atoms. The summed E-state index contributed by atoms with van der Waals surface area (Å²) in [6, 6.07) is 15.8. The number of hydrogen-bond donors (Lipinski definition) is 0. The zero-order chi connectivity index (χ0) is 18.5. The fraction of sp³-hybridized carbons (Fsp3) is 0.316. The maximum atomic E-state index is 12.0. The van der Waals surface area contributed by atoms with Crippen LogP contribution in [0.15, 0.2) is 54.6 Å². The molecular formula is C19H21NaO5S. The number of carboxylic acid groups (broad SMARTS) is 1. The molecule has 0 N–H and O–H groups in total. The van der Waals surface area contributed by atoms with Crippen LogP contribution in [0.3, 0.4) is 0 Å². The van der Waals surface area contributed by atoms with Gasteiger partial charge in [-0.15, -0.1) is 0 Å². The number of benzene rings is 2. The third-order valence-electron chi connectivity index (χ3n) is 4.03. The second-order valence-corrected chi connectivity index (χ2v) is 8.01. The fourth-order valence-corrected chi connectivity index (χ4v) is 3.33. The van der Waals surface area contributed by atoms with E-state index in [0.29, 0.717) is 17.5 Å². The largest absolute Gasteiger partial charge is 1.00 e. The Morgan fingerprint density at radius 1 is 1.00 bits per heavy atom. The molecule has 0 fully saturated rings. The molecule has 0 unspecified atom stereocenters. The van der Waals surface area contributed by atoms with E-state index in [-0.39, 0.29) is 41.9 Å². The van der Waals surface area contributed by atoms with Gasteiger partial charge >= 0.3 is 29.6 Å². The normalized spacial score (nSPS) is 11.6. The molecule has 134 valence electrons. The zero-order valence-electron chi connectivity index (χ0n) is 15.3. The van der Waals surface area contributed by atoms with Crippen molar-refractivity contribution in [2.75, 3.05) is 6.61 Å². The Morgan fingerprint density at radius 3 is 2.12 bits per heavy atom. The summed E-state index contributed by atoms with van der Waals surface area (Å²) in [4.78, 5) is 11.1. The van der Waals surface area contributed by atoms with E-state index in [9.17, 15) is 18.3 Å². The predicted molar refractivity (Wildman–Crippen MR) is 93.2 cm³/mol. The number of hydrogen-bond acceptors (Lipinski definition) is 5. The van der Waals surface area contributed by atoms with E-state index in [1.807, 2.05) is 6.07 Å². The van der Waals surface area contributed by atoms with Crippen LogP contribution in [0.25, 0.3) is 0 Å². The second kappa shape index (κ2) is 9.67. The minimum Gasteiger partial charge on any atom is -0.549 e. The molecular weight excluding hydrogens is 363 g/mol. The van der Waals surface area contributed by atoms with Crippen molar-refractivity contribution in [1.82, 2.24) is 0 Å². The number of rotatable bonds is 8. The Labute approximate surface area is 176 Å². The molecule has 0 heterocycles. The van der Waals surface area contributed by atoms with Crippen LogP contribution in [0, 0.1) is 0 Å². The van der Waals surface area contributed by atoms with Crippen molar-refractivity contribution in [3.05, 3.63) is 71.3 Å². The summed E-state index contributed by atoms with van der Waals surface area (Å²) >= 11 is 0. The number of aliphatic carboxylic acids is 1. The van der Waals surface area contributed by atoms with Gasteiger partial charge in [-0.25, -0.2) is 0 Å². The number of carboxylic acids is 1. The van der Waals surface area contributed by atoms with E-state index in [4.69, 9.17) is 4.18 Å². The predicted octanol–water partition coefficient (Wildman–Crippen LogP) is -1.19. The van der Waals surface area contributed by atoms with Crippen molar-refractivity contribution in [3.8, 4) is 0 Å². The Balaban J connectivity index is 0.00000338. The maximum Gasteiger partial charge on any atom is 1.00 e. The van der Waals surface area contributed by atoms with E-state index in [1.165, 1.54) is 0 Å². The molecule has 2 rings (SSSR count). The minimum absolute atomic E-state index is 0. The molecule has 2 aromatic rings. The van der Waals surface area contributed by atoms with Crippen molar-refractivity contribution >= 4 is 16.1 Å². The minimum atomic E-state index is -3.63. The first-order valence-corrected chi connectivity index (χ1v) is 9.50. The van der Waals surface area contributed by atoms with Crippen LogP contribution in [0.4, 0.5) is 0 Å². The summed E-state index contributed by atoms with van der Waals surface area (Å²) in [6.45, 7) is 3.20. The van der Waals surface area contributed by atoms with Crippen molar-refractivity contribution < 1.29 is 52.1 Å². The van der Waals surface area contributed by atoms with E-state index < -0.39 is 21.5 Å². The molecule has 0 saturated heterocycles. The van der Waals surface area contributed by atoms with E-state index >= 15 is 0 Å². The molecule has 0 aromatic heterocycles. The Morgan fingerprint density at radius 2 is 1.58 bits per heavy atom. The summed E-state index contributed by atoms with van der Waals surface area (Å²) in [5, 5.41) is 11.1. The van der Waals surface area contributed by atoms with Gasteiger partial charge in [-0.05, 0) is 23.1 Å². The molecule has 7 heteroatoms. The van der Waals surface area contributed by atoms with Gasteiger partial charge in [-0.3, -0.25) is 4.18 Å². The Hall–Kier alpha value is -1.18. The molecule has 0 radical (unpaired) electrons. The van der Waals surface area contributed by atoms with Gasteiger partial charge in [0.05, 0.1) is 12.6 Å². The first-order chi connectivity index (χ1) is 11.7. The van der Waals surface area contributed by atoms with Gasteiger partial charge in [-0.1, -0.05) is 68.4 Å². The maximum absolute atomic E-state index is 12.0. The molecule has 0 aliphatic rings. The molecule has 0 saturated carbocycles. The average molecular weight is 384 g/mol.